The summed E-state index contributed by atoms with van der Waals surface area (Å²) in [6.07, 6.45) is 2.69. The third kappa shape index (κ3) is 5.77. The maximum absolute atomic E-state index is 10.9. The molecule has 0 bridgehead atoms. The van der Waals surface area contributed by atoms with E-state index in [0.717, 1.165) is 0 Å². The fourth-order valence-electron chi connectivity index (χ4n) is 1.46. The molecule has 2 rings (SSSR count). The molecule has 0 amide bonds. The molecule has 2 aromatic heterocycles. The lowest BCUT2D eigenvalue weighted by Gasteiger charge is -1.98. The van der Waals surface area contributed by atoms with Gasteiger partial charge in [-0.05, 0) is 24.3 Å². The third-order valence-electron chi connectivity index (χ3n) is 2.69. The molecular weight excluding hydrogens is 336 g/mol. The quantitative estimate of drug-likeness (QED) is 0.477. The van der Waals surface area contributed by atoms with Crippen LogP contribution in [-0.2, 0) is 9.47 Å². The lowest BCUT2D eigenvalue weighted by atomic mass is 10.2. The van der Waals surface area contributed by atoms with Crippen molar-refractivity contribution < 1.29 is 23.9 Å². The molecule has 0 aliphatic heterocycles. The molecule has 0 saturated carbocycles. The van der Waals surface area contributed by atoms with E-state index >= 15 is 0 Å². The molecule has 0 saturated heterocycles. The van der Waals surface area contributed by atoms with Gasteiger partial charge in [0.1, 0.15) is 10.8 Å². The molecule has 2 aromatic rings. The van der Waals surface area contributed by atoms with E-state index in [0.29, 0.717) is 22.0 Å². The van der Waals surface area contributed by atoms with Gasteiger partial charge in [-0.1, -0.05) is 11.6 Å². The maximum atomic E-state index is 10.9. The lowest BCUT2D eigenvalue weighted by molar-refractivity contribution is 0.0591. The van der Waals surface area contributed by atoms with Crippen LogP contribution in [0.5, 0.6) is 0 Å². The van der Waals surface area contributed by atoms with Crippen molar-refractivity contribution in [2.45, 2.75) is 6.92 Å². The van der Waals surface area contributed by atoms with Crippen LogP contribution < -0.4 is 0 Å². The van der Waals surface area contributed by atoms with E-state index in [1.165, 1.54) is 51.7 Å². The number of hydrogen-bond donors (Lipinski definition) is 0. The number of nitrogens with zero attached hydrogens (tertiary/aromatic N) is 2. The molecule has 0 aromatic carbocycles. The first-order valence-corrected chi connectivity index (χ1v) is 7.02. The number of carbonyl (C=O) groups excluding carboxylic acids is 3. The predicted octanol–water partition coefficient (Wildman–Crippen LogP) is 2.59. The van der Waals surface area contributed by atoms with Gasteiger partial charge in [-0.2, -0.15) is 0 Å². The van der Waals surface area contributed by atoms with Crippen molar-refractivity contribution in [2.24, 2.45) is 0 Å². The largest absolute Gasteiger partial charge is 0.465 e. The van der Waals surface area contributed by atoms with Crippen molar-refractivity contribution in [3.05, 3.63) is 58.6 Å². The van der Waals surface area contributed by atoms with Crippen molar-refractivity contribution in [2.75, 3.05) is 14.2 Å². The molecular formula is C16H15ClN2O5. The van der Waals surface area contributed by atoms with Gasteiger partial charge in [-0.15, -0.1) is 0 Å². The van der Waals surface area contributed by atoms with Crippen LogP contribution in [0.2, 0.25) is 5.15 Å². The summed E-state index contributed by atoms with van der Waals surface area (Å²) >= 11 is 5.50. The zero-order valence-electron chi connectivity index (χ0n) is 13.3. The summed E-state index contributed by atoms with van der Waals surface area (Å²) in [5.74, 6) is -0.992. The Morgan fingerprint density at radius 3 is 1.71 bits per heavy atom. The Kier molecular flexibility index (Phi) is 7.51. The van der Waals surface area contributed by atoms with Crippen LogP contribution in [0, 0.1) is 0 Å². The van der Waals surface area contributed by atoms with Crippen LogP contribution in [0.15, 0.2) is 36.7 Å². The second-order valence-corrected chi connectivity index (χ2v) is 4.73. The van der Waals surface area contributed by atoms with E-state index in [9.17, 15) is 14.4 Å². The Labute approximate surface area is 143 Å². The van der Waals surface area contributed by atoms with Gasteiger partial charge in [-0.3, -0.25) is 9.78 Å². The average Bonchev–Trinajstić information content (AvgIpc) is 2.61. The standard InChI is InChI=1S/C9H9NO3.C7H6ClNO2/c1-6(11)8-4-3-7(5-10-8)9(12)13-2;1-11-7(10)5-2-3-6(8)9-4-5/h3-5H,1-2H3;2-4H,1H3. The summed E-state index contributed by atoms with van der Waals surface area (Å²) in [4.78, 5) is 40.1. The van der Waals surface area contributed by atoms with Crippen molar-refractivity contribution in [3.63, 3.8) is 0 Å². The first-order chi connectivity index (χ1) is 11.4. The fourth-order valence-corrected chi connectivity index (χ4v) is 1.57. The highest BCUT2D eigenvalue weighted by molar-refractivity contribution is 6.29. The van der Waals surface area contributed by atoms with Crippen molar-refractivity contribution in [3.8, 4) is 0 Å². The minimum Gasteiger partial charge on any atom is -0.465 e. The Balaban J connectivity index is 0.000000243. The van der Waals surface area contributed by atoms with Crippen LogP contribution in [-0.4, -0.2) is 41.9 Å². The number of ether oxygens (including phenoxy) is 2. The number of esters is 2. The molecule has 0 unspecified atom stereocenters. The highest BCUT2D eigenvalue weighted by Gasteiger charge is 2.06. The van der Waals surface area contributed by atoms with Crippen molar-refractivity contribution in [1.82, 2.24) is 9.97 Å². The topological polar surface area (TPSA) is 95.5 Å². The SMILES string of the molecule is COC(=O)c1ccc(C(C)=O)nc1.COC(=O)c1ccc(Cl)nc1. The van der Waals surface area contributed by atoms with Gasteiger partial charge in [-0.25, -0.2) is 14.6 Å². The van der Waals surface area contributed by atoms with Crippen LogP contribution in [0.4, 0.5) is 0 Å². The van der Waals surface area contributed by atoms with Crippen LogP contribution in [0.1, 0.15) is 38.1 Å². The normalized spacial score (nSPS) is 9.33. The zero-order chi connectivity index (χ0) is 18.1. The van der Waals surface area contributed by atoms with E-state index in [-0.39, 0.29) is 5.78 Å². The third-order valence-corrected chi connectivity index (χ3v) is 2.92. The van der Waals surface area contributed by atoms with E-state index in [2.05, 4.69) is 19.4 Å². The molecule has 24 heavy (non-hydrogen) atoms. The molecule has 0 spiro atoms. The Morgan fingerprint density at radius 2 is 1.38 bits per heavy atom. The van der Waals surface area contributed by atoms with E-state index in [4.69, 9.17) is 11.6 Å². The highest BCUT2D eigenvalue weighted by atomic mass is 35.5. The summed E-state index contributed by atoms with van der Waals surface area (Å²) in [5, 5.41) is 0.359. The van der Waals surface area contributed by atoms with Gasteiger partial charge in [0.2, 0.25) is 0 Å². The molecule has 0 aliphatic rings. The van der Waals surface area contributed by atoms with E-state index in [1.807, 2.05) is 0 Å². The Hall–Kier alpha value is -2.80. The Morgan fingerprint density at radius 1 is 0.875 bits per heavy atom. The number of halogens is 1. The van der Waals surface area contributed by atoms with Gasteiger partial charge in [0, 0.05) is 19.3 Å². The van der Waals surface area contributed by atoms with Crippen LogP contribution in [0.25, 0.3) is 0 Å². The first-order valence-electron chi connectivity index (χ1n) is 6.64. The van der Waals surface area contributed by atoms with Gasteiger partial charge >= 0.3 is 11.9 Å². The number of pyridine rings is 2. The molecule has 7 nitrogen and oxygen atoms in total. The summed E-state index contributed by atoms with van der Waals surface area (Å²) in [7, 11) is 2.61. The maximum Gasteiger partial charge on any atom is 0.339 e. The molecule has 126 valence electrons. The number of Topliss-reactive ketones (excluding diaryl/α,β-unsaturated/α-hetero) is 1. The molecule has 0 fully saturated rings. The average molecular weight is 351 g/mol. The van der Waals surface area contributed by atoms with Crippen LogP contribution in [0.3, 0.4) is 0 Å². The Bertz CT molecular complexity index is 714. The number of rotatable bonds is 3. The van der Waals surface area contributed by atoms with E-state index in [1.54, 1.807) is 6.07 Å². The number of carbonyl (C=O) groups is 3. The zero-order valence-corrected chi connectivity index (χ0v) is 14.0. The molecule has 0 N–H and O–H groups in total. The molecule has 8 heteroatoms. The monoisotopic (exact) mass is 350 g/mol. The second kappa shape index (κ2) is 9.36. The predicted molar refractivity (Wildman–Crippen MR) is 86.2 cm³/mol. The van der Waals surface area contributed by atoms with Gasteiger partial charge in [0.15, 0.2) is 5.78 Å². The van der Waals surface area contributed by atoms with Gasteiger partial charge in [0.25, 0.3) is 0 Å². The van der Waals surface area contributed by atoms with Gasteiger partial charge in [0.05, 0.1) is 25.3 Å². The summed E-state index contributed by atoms with van der Waals surface area (Å²) in [6, 6.07) is 6.10. The fraction of sp³-hybridized carbons (Fsp3) is 0.188. The number of ketones is 1. The van der Waals surface area contributed by atoms with Crippen molar-refractivity contribution >= 4 is 29.3 Å². The summed E-state index contributed by atoms with van der Waals surface area (Å²) in [6.45, 7) is 1.42. The van der Waals surface area contributed by atoms with Crippen LogP contribution >= 0.6 is 11.6 Å². The molecule has 0 atom stereocenters. The minimum absolute atomic E-state index is 0.128. The van der Waals surface area contributed by atoms with Gasteiger partial charge < -0.3 is 9.47 Å². The number of aromatic nitrogens is 2. The number of methoxy groups -OCH3 is 2. The molecule has 2 heterocycles. The van der Waals surface area contributed by atoms with Crippen molar-refractivity contribution in [1.29, 1.82) is 0 Å². The highest BCUT2D eigenvalue weighted by Crippen LogP contribution is 2.05. The molecule has 0 radical (unpaired) electrons. The number of hydrogen-bond acceptors (Lipinski definition) is 7. The second-order valence-electron chi connectivity index (χ2n) is 4.34. The minimum atomic E-state index is -0.456. The smallest absolute Gasteiger partial charge is 0.339 e. The first kappa shape index (κ1) is 19.2. The summed E-state index contributed by atoms with van der Waals surface area (Å²) < 4.78 is 8.93. The van der Waals surface area contributed by atoms with E-state index < -0.39 is 11.9 Å². The lowest BCUT2D eigenvalue weighted by Crippen LogP contribution is -2.03. The molecule has 0 aliphatic carbocycles. The summed E-state index contributed by atoms with van der Waals surface area (Å²) in [5.41, 5.74) is 1.08.